The van der Waals surface area contributed by atoms with Crippen molar-refractivity contribution in [1.29, 1.82) is 0 Å². The molecular formula is C17H27IN4O2S. The predicted molar refractivity (Wildman–Crippen MR) is 113 cm³/mol. The molecule has 6 nitrogen and oxygen atoms in total. The van der Waals surface area contributed by atoms with Gasteiger partial charge in [-0.05, 0) is 55.7 Å². The van der Waals surface area contributed by atoms with E-state index in [4.69, 9.17) is 5.73 Å². The molecule has 25 heavy (non-hydrogen) atoms. The smallest absolute Gasteiger partial charge is 0.211 e. The molecule has 1 fully saturated rings. The second-order valence-electron chi connectivity index (χ2n) is 6.67. The Bertz CT molecular complexity index is 736. The number of nitrogens with one attached hydrogen (secondary N) is 1. The molecule has 1 aliphatic carbocycles. The zero-order chi connectivity index (χ0) is 17.2. The van der Waals surface area contributed by atoms with E-state index in [1.165, 1.54) is 34.5 Å². The number of nitrogens with two attached hydrogens (primary N) is 1. The standard InChI is InChI=1S/C17H26N4O2S.HI/c1-24(22,23)21-11-5-8-14(21)12-19-17(18)20-16-10-4-7-13-6-2-3-9-15(13)16;/h4,7,10,14H,2-3,5-6,8-9,11-12H2,1H3,(H3,18,19,20);1H/t14-;/m1./s1. The molecule has 3 N–H and O–H groups in total. The summed E-state index contributed by atoms with van der Waals surface area (Å²) in [6, 6.07) is 6.17. The molecule has 1 aromatic rings. The zero-order valence-corrected chi connectivity index (χ0v) is 17.7. The Kier molecular flexibility index (Phi) is 7.10. The van der Waals surface area contributed by atoms with Gasteiger partial charge in [0.25, 0.3) is 0 Å². The van der Waals surface area contributed by atoms with Crippen LogP contribution >= 0.6 is 24.0 Å². The molecule has 1 atom stereocenters. The molecular weight excluding hydrogens is 451 g/mol. The quantitative estimate of drug-likeness (QED) is 0.395. The maximum Gasteiger partial charge on any atom is 0.211 e. The third-order valence-corrected chi connectivity index (χ3v) is 6.21. The largest absolute Gasteiger partial charge is 0.370 e. The second-order valence-corrected chi connectivity index (χ2v) is 8.61. The maximum atomic E-state index is 11.8. The van der Waals surface area contributed by atoms with Crippen molar-refractivity contribution in [2.24, 2.45) is 10.7 Å². The summed E-state index contributed by atoms with van der Waals surface area (Å²) in [4.78, 5) is 4.39. The van der Waals surface area contributed by atoms with Crippen LogP contribution < -0.4 is 11.1 Å². The summed E-state index contributed by atoms with van der Waals surface area (Å²) in [7, 11) is -3.17. The maximum absolute atomic E-state index is 11.8. The highest BCUT2D eigenvalue weighted by Crippen LogP contribution is 2.27. The molecule has 0 saturated carbocycles. The molecule has 2 aliphatic rings. The molecule has 1 aliphatic heterocycles. The summed E-state index contributed by atoms with van der Waals surface area (Å²) in [5, 5.41) is 3.21. The van der Waals surface area contributed by atoms with Crippen molar-refractivity contribution in [3.63, 3.8) is 0 Å². The number of guanidine groups is 1. The first-order chi connectivity index (χ1) is 11.4. The highest BCUT2D eigenvalue weighted by molar-refractivity contribution is 14.0. The molecule has 3 rings (SSSR count). The number of hydrogen-bond donors (Lipinski definition) is 2. The average Bonchev–Trinajstić information content (AvgIpc) is 3.02. The van der Waals surface area contributed by atoms with Crippen LogP contribution in [0, 0.1) is 0 Å². The van der Waals surface area contributed by atoms with E-state index in [9.17, 15) is 8.42 Å². The number of sulfonamides is 1. The van der Waals surface area contributed by atoms with E-state index in [1.54, 1.807) is 0 Å². The SMILES string of the molecule is CS(=O)(=O)N1CCC[C@@H]1CN=C(N)Nc1cccc2c1CCCC2.I. The third kappa shape index (κ3) is 5.07. The first-order valence-corrected chi connectivity index (χ1v) is 10.4. The van der Waals surface area contributed by atoms with E-state index >= 15 is 0 Å². The Hall–Kier alpha value is -0.870. The van der Waals surface area contributed by atoms with Gasteiger partial charge >= 0.3 is 0 Å². The van der Waals surface area contributed by atoms with E-state index in [0.717, 1.165) is 31.4 Å². The van der Waals surface area contributed by atoms with Crippen LogP contribution in [0.4, 0.5) is 5.69 Å². The van der Waals surface area contributed by atoms with Crippen LogP contribution in [0.15, 0.2) is 23.2 Å². The number of rotatable bonds is 4. The number of aryl methyl sites for hydroxylation is 1. The third-order valence-electron chi connectivity index (χ3n) is 4.88. The van der Waals surface area contributed by atoms with Crippen LogP contribution in [0.25, 0.3) is 0 Å². The lowest BCUT2D eigenvalue weighted by atomic mass is 9.90. The van der Waals surface area contributed by atoms with Crippen molar-refractivity contribution in [1.82, 2.24) is 4.31 Å². The fraction of sp³-hybridized carbons (Fsp3) is 0.588. The minimum atomic E-state index is -3.17. The lowest BCUT2D eigenvalue weighted by Gasteiger charge is -2.21. The van der Waals surface area contributed by atoms with Crippen molar-refractivity contribution < 1.29 is 8.42 Å². The van der Waals surface area contributed by atoms with Gasteiger partial charge < -0.3 is 11.1 Å². The molecule has 0 spiro atoms. The summed E-state index contributed by atoms with van der Waals surface area (Å²) < 4.78 is 25.1. The monoisotopic (exact) mass is 478 g/mol. The molecule has 0 unspecified atom stereocenters. The van der Waals surface area contributed by atoms with Gasteiger partial charge in [-0.1, -0.05) is 12.1 Å². The average molecular weight is 478 g/mol. The minimum Gasteiger partial charge on any atom is -0.370 e. The van der Waals surface area contributed by atoms with Crippen LogP contribution in [-0.4, -0.2) is 44.1 Å². The van der Waals surface area contributed by atoms with Crippen LogP contribution in [0.5, 0.6) is 0 Å². The normalized spacial score (nSPS) is 21.5. The summed E-state index contributed by atoms with van der Waals surface area (Å²) in [6.07, 6.45) is 7.60. The van der Waals surface area contributed by atoms with Crippen molar-refractivity contribution in [2.45, 2.75) is 44.6 Å². The van der Waals surface area contributed by atoms with E-state index in [0.29, 0.717) is 19.0 Å². The molecule has 1 aromatic carbocycles. The van der Waals surface area contributed by atoms with Gasteiger partial charge in [-0.2, -0.15) is 4.31 Å². The predicted octanol–water partition coefficient (Wildman–Crippen LogP) is 2.33. The van der Waals surface area contributed by atoms with Gasteiger partial charge in [-0.15, -0.1) is 24.0 Å². The molecule has 0 bridgehead atoms. The van der Waals surface area contributed by atoms with Crippen molar-refractivity contribution in [2.75, 3.05) is 24.7 Å². The molecule has 1 saturated heterocycles. The number of hydrogen-bond acceptors (Lipinski definition) is 3. The van der Waals surface area contributed by atoms with Gasteiger partial charge in [0.15, 0.2) is 5.96 Å². The number of benzene rings is 1. The van der Waals surface area contributed by atoms with Crippen LogP contribution in [0.3, 0.4) is 0 Å². The topological polar surface area (TPSA) is 87.8 Å². The highest BCUT2D eigenvalue weighted by Gasteiger charge is 2.31. The van der Waals surface area contributed by atoms with E-state index in [-0.39, 0.29) is 30.0 Å². The summed E-state index contributed by atoms with van der Waals surface area (Å²) in [5.41, 5.74) is 9.79. The zero-order valence-electron chi connectivity index (χ0n) is 14.6. The van der Waals surface area contributed by atoms with Gasteiger partial charge in [0, 0.05) is 18.3 Å². The summed E-state index contributed by atoms with van der Waals surface area (Å²) in [5.74, 6) is 0.356. The first kappa shape index (κ1) is 20.4. The molecule has 0 radical (unpaired) electrons. The Morgan fingerprint density at radius 1 is 1.32 bits per heavy atom. The van der Waals surface area contributed by atoms with E-state index < -0.39 is 10.0 Å². The summed E-state index contributed by atoms with van der Waals surface area (Å²) >= 11 is 0. The fourth-order valence-corrected chi connectivity index (χ4v) is 4.88. The number of anilines is 1. The molecule has 8 heteroatoms. The van der Waals surface area contributed by atoms with E-state index in [2.05, 4.69) is 16.4 Å². The lowest BCUT2D eigenvalue weighted by Crippen LogP contribution is -2.37. The molecule has 0 amide bonds. The Morgan fingerprint density at radius 3 is 2.84 bits per heavy atom. The Morgan fingerprint density at radius 2 is 2.08 bits per heavy atom. The highest BCUT2D eigenvalue weighted by atomic mass is 127. The summed E-state index contributed by atoms with van der Waals surface area (Å²) in [6.45, 7) is 0.986. The van der Waals surface area contributed by atoms with Crippen LogP contribution in [-0.2, 0) is 22.9 Å². The second kappa shape index (κ2) is 8.68. The van der Waals surface area contributed by atoms with Gasteiger partial charge in [0.1, 0.15) is 0 Å². The number of fused-ring (bicyclic) bond motifs is 1. The molecule has 140 valence electrons. The van der Waals surface area contributed by atoms with Crippen LogP contribution in [0.2, 0.25) is 0 Å². The minimum absolute atomic E-state index is 0. The van der Waals surface area contributed by atoms with Crippen LogP contribution in [0.1, 0.15) is 36.8 Å². The molecule has 0 aromatic heterocycles. The first-order valence-electron chi connectivity index (χ1n) is 8.59. The van der Waals surface area contributed by atoms with Gasteiger partial charge in [0.2, 0.25) is 10.0 Å². The number of halogens is 1. The Balaban J connectivity index is 0.00000225. The van der Waals surface area contributed by atoms with E-state index in [1.807, 2.05) is 12.1 Å². The van der Waals surface area contributed by atoms with Crippen molar-refractivity contribution in [3.05, 3.63) is 29.3 Å². The Labute approximate surface area is 167 Å². The molecule has 1 heterocycles. The number of nitrogens with zero attached hydrogens (tertiary/aromatic N) is 2. The van der Waals surface area contributed by atoms with Gasteiger partial charge in [-0.3, -0.25) is 4.99 Å². The van der Waals surface area contributed by atoms with Crippen molar-refractivity contribution >= 4 is 45.6 Å². The lowest BCUT2D eigenvalue weighted by molar-refractivity contribution is 0.397. The van der Waals surface area contributed by atoms with Gasteiger partial charge in [-0.25, -0.2) is 8.42 Å². The van der Waals surface area contributed by atoms with Crippen molar-refractivity contribution in [3.8, 4) is 0 Å². The van der Waals surface area contributed by atoms with Gasteiger partial charge in [0.05, 0.1) is 12.8 Å². The fourth-order valence-electron chi connectivity index (χ4n) is 3.71. The number of aliphatic imine (C=N–C) groups is 1.